The van der Waals surface area contributed by atoms with Gasteiger partial charge in [0.05, 0.1) is 4.99 Å². The third-order valence-corrected chi connectivity index (χ3v) is 3.36. The van der Waals surface area contributed by atoms with Gasteiger partial charge in [-0.1, -0.05) is 42.5 Å². The lowest BCUT2D eigenvalue weighted by Crippen LogP contribution is -2.44. The Bertz CT molecular complexity index is 448. The summed E-state index contributed by atoms with van der Waals surface area (Å²) in [4.78, 5) is 14.6. The summed E-state index contributed by atoms with van der Waals surface area (Å²) >= 11 is 5.07. The fourth-order valence-corrected chi connectivity index (χ4v) is 2.34. The summed E-state index contributed by atoms with van der Waals surface area (Å²) < 4.78 is 0. The van der Waals surface area contributed by atoms with E-state index in [1.165, 1.54) is 0 Å². The lowest BCUT2D eigenvalue weighted by Gasteiger charge is -2.30. The Morgan fingerprint density at radius 1 is 1.35 bits per heavy atom. The second kappa shape index (κ2) is 7.97. The van der Waals surface area contributed by atoms with Crippen molar-refractivity contribution < 1.29 is 9.90 Å². The number of aliphatic hydroxyl groups is 1. The Kier molecular flexibility index (Phi) is 6.61. The van der Waals surface area contributed by atoms with E-state index in [0.29, 0.717) is 13.0 Å². The third kappa shape index (κ3) is 4.28. The van der Waals surface area contributed by atoms with Gasteiger partial charge >= 0.3 is 0 Å². The van der Waals surface area contributed by atoms with Crippen LogP contribution in [0, 0.1) is 0 Å². The van der Waals surface area contributed by atoms with Crippen molar-refractivity contribution in [2.45, 2.75) is 32.2 Å². The molecule has 0 radical (unpaired) electrons. The zero-order chi connectivity index (χ0) is 15.1. The number of aliphatic hydroxyl groups excluding tert-OH is 1. The molecule has 1 atom stereocenters. The smallest absolute Gasteiger partial charge is 0.237 e. The average Bonchev–Trinajstić information content (AvgIpc) is 2.39. The Labute approximate surface area is 125 Å². The topological polar surface area (TPSA) is 66.6 Å². The number of amides is 1. The Balaban J connectivity index is 3.01. The minimum atomic E-state index is -0.604. The molecule has 1 aromatic carbocycles. The maximum atomic E-state index is 12.7. The van der Waals surface area contributed by atoms with E-state index in [1.807, 2.05) is 44.2 Å². The van der Waals surface area contributed by atoms with Crippen LogP contribution < -0.4 is 5.73 Å². The number of nitrogens with two attached hydrogens (primary N) is 1. The van der Waals surface area contributed by atoms with E-state index < -0.39 is 5.92 Å². The first kappa shape index (κ1) is 16.6. The molecule has 1 unspecified atom stereocenters. The molecule has 0 fully saturated rings. The number of hydrogen-bond donors (Lipinski definition) is 2. The molecule has 0 saturated heterocycles. The van der Waals surface area contributed by atoms with Gasteiger partial charge in [-0.25, -0.2) is 0 Å². The van der Waals surface area contributed by atoms with Crippen LogP contribution in [0.3, 0.4) is 0 Å². The van der Waals surface area contributed by atoms with Crippen molar-refractivity contribution in [1.29, 1.82) is 0 Å². The van der Waals surface area contributed by atoms with Gasteiger partial charge < -0.3 is 15.7 Å². The summed E-state index contributed by atoms with van der Waals surface area (Å²) in [5.41, 5.74) is 6.58. The standard InChI is InChI=1S/C15H22N2O2S/c1-11(2)17(9-6-10-18)15(19)13(14(16)20)12-7-4-3-5-8-12/h3-5,7-8,11,13,18H,6,9-10H2,1-2H3,(H2,16,20). The van der Waals surface area contributed by atoms with E-state index in [0.717, 1.165) is 5.56 Å². The summed E-state index contributed by atoms with van der Waals surface area (Å²) in [7, 11) is 0. The molecule has 20 heavy (non-hydrogen) atoms. The molecule has 0 spiro atoms. The molecule has 0 saturated carbocycles. The van der Waals surface area contributed by atoms with Crippen LogP contribution in [0.25, 0.3) is 0 Å². The SMILES string of the molecule is CC(C)N(CCCO)C(=O)C(C(N)=S)c1ccccc1. The molecule has 0 bridgehead atoms. The molecule has 1 aromatic rings. The predicted octanol–water partition coefficient (Wildman–Crippen LogP) is 1.68. The Morgan fingerprint density at radius 3 is 2.40 bits per heavy atom. The van der Waals surface area contributed by atoms with E-state index >= 15 is 0 Å². The maximum Gasteiger partial charge on any atom is 0.237 e. The van der Waals surface area contributed by atoms with E-state index in [-0.39, 0.29) is 23.5 Å². The summed E-state index contributed by atoms with van der Waals surface area (Å²) in [5.74, 6) is -0.709. The lowest BCUT2D eigenvalue weighted by molar-refractivity contribution is -0.133. The van der Waals surface area contributed by atoms with Gasteiger partial charge in [-0.2, -0.15) is 0 Å². The second-order valence-electron chi connectivity index (χ2n) is 4.95. The van der Waals surface area contributed by atoms with Crippen LogP contribution in [0.4, 0.5) is 0 Å². The van der Waals surface area contributed by atoms with E-state index in [4.69, 9.17) is 23.1 Å². The summed E-state index contributed by atoms with van der Waals surface area (Å²) in [5, 5.41) is 8.96. The molecule has 0 aliphatic carbocycles. The van der Waals surface area contributed by atoms with Gasteiger partial charge in [0.2, 0.25) is 5.91 Å². The summed E-state index contributed by atoms with van der Waals surface area (Å²) in [6.07, 6.45) is 0.544. The molecule has 0 aliphatic rings. The number of carbonyl (C=O) groups is 1. The highest BCUT2D eigenvalue weighted by Gasteiger charge is 2.29. The number of rotatable bonds is 7. The first-order chi connectivity index (χ1) is 9.49. The van der Waals surface area contributed by atoms with Gasteiger partial charge in [0.1, 0.15) is 5.92 Å². The molecule has 3 N–H and O–H groups in total. The van der Waals surface area contributed by atoms with Crippen LogP contribution in [0.15, 0.2) is 30.3 Å². The zero-order valence-corrected chi connectivity index (χ0v) is 12.8. The number of hydrogen-bond acceptors (Lipinski definition) is 3. The fraction of sp³-hybridized carbons (Fsp3) is 0.467. The first-order valence-electron chi connectivity index (χ1n) is 6.74. The summed E-state index contributed by atoms with van der Waals surface area (Å²) in [6.45, 7) is 4.44. The lowest BCUT2D eigenvalue weighted by atomic mass is 9.97. The number of thiocarbonyl (C=S) groups is 1. The Hall–Kier alpha value is -1.46. The number of benzene rings is 1. The maximum absolute atomic E-state index is 12.7. The second-order valence-corrected chi connectivity index (χ2v) is 5.42. The van der Waals surface area contributed by atoms with Gasteiger partial charge in [0.15, 0.2) is 0 Å². The molecule has 4 nitrogen and oxygen atoms in total. The van der Waals surface area contributed by atoms with Crippen LogP contribution in [0.5, 0.6) is 0 Å². The molecular formula is C15H22N2O2S. The van der Waals surface area contributed by atoms with E-state index in [2.05, 4.69) is 0 Å². The van der Waals surface area contributed by atoms with Gasteiger partial charge in [0.25, 0.3) is 0 Å². The van der Waals surface area contributed by atoms with E-state index in [1.54, 1.807) is 4.90 Å². The molecule has 5 heteroatoms. The van der Waals surface area contributed by atoms with Crippen molar-refractivity contribution in [2.24, 2.45) is 5.73 Å². The first-order valence-corrected chi connectivity index (χ1v) is 7.15. The highest BCUT2D eigenvalue weighted by Crippen LogP contribution is 2.20. The normalized spacial score (nSPS) is 12.2. The van der Waals surface area contributed by atoms with Crippen LogP contribution in [0.1, 0.15) is 31.7 Å². The van der Waals surface area contributed by atoms with Crippen LogP contribution in [-0.2, 0) is 4.79 Å². The number of nitrogens with zero attached hydrogens (tertiary/aromatic N) is 1. The molecular weight excluding hydrogens is 272 g/mol. The van der Waals surface area contributed by atoms with Crippen molar-refractivity contribution in [3.8, 4) is 0 Å². The van der Waals surface area contributed by atoms with Crippen molar-refractivity contribution in [1.82, 2.24) is 4.90 Å². The minimum absolute atomic E-state index is 0.0367. The third-order valence-electron chi connectivity index (χ3n) is 3.13. The van der Waals surface area contributed by atoms with Crippen molar-refractivity contribution in [3.05, 3.63) is 35.9 Å². The average molecular weight is 294 g/mol. The molecule has 0 aromatic heterocycles. The Morgan fingerprint density at radius 2 is 1.95 bits per heavy atom. The summed E-state index contributed by atoms with van der Waals surface area (Å²) in [6, 6.07) is 9.35. The van der Waals surface area contributed by atoms with Crippen molar-refractivity contribution >= 4 is 23.1 Å². The minimum Gasteiger partial charge on any atom is -0.396 e. The van der Waals surface area contributed by atoms with Crippen LogP contribution in [-0.4, -0.2) is 40.1 Å². The quantitative estimate of drug-likeness (QED) is 0.751. The highest BCUT2D eigenvalue weighted by molar-refractivity contribution is 7.80. The molecule has 0 heterocycles. The zero-order valence-electron chi connectivity index (χ0n) is 12.0. The fourth-order valence-electron chi connectivity index (χ4n) is 2.10. The van der Waals surface area contributed by atoms with Gasteiger partial charge in [-0.3, -0.25) is 4.79 Å². The van der Waals surface area contributed by atoms with Gasteiger partial charge in [-0.15, -0.1) is 0 Å². The number of carbonyl (C=O) groups excluding carboxylic acids is 1. The molecule has 110 valence electrons. The van der Waals surface area contributed by atoms with Gasteiger partial charge in [-0.05, 0) is 25.8 Å². The van der Waals surface area contributed by atoms with Gasteiger partial charge in [0, 0.05) is 19.2 Å². The highest BCUT2D eigenvalue weighted by atomic mass is 32.1. The van der Waals surface area contributed by atoms with Crippen LogP contribution >= 0.6 is 12.2 Å². The van der Waals surface area contributed by atoms with Crippen molar-refractivity contribution in [2.75, 3.05) is 13.2 Å². The van der Waals surface area contributed by atoms with Crippen LogP contribution in [0.2, 0.25) is 0 Å². The molecule has 1 rings (SSSR count). The van der Waals surface area contributed by atoms with E-state index in [9.17, 15) is 4.79 Å². The largest absolute Gasteiger partial charge is 0.396 e. The predicted molar refractivity (Wildman–Crippen MR) is 84.5 cm³/mol. The molecule has 0 aliphatic heterocycles. The monoisotopic (exact) mass is 294 g/mol. The van der Waals surface area contributed by atoms with Crippen molar-refractivity contribution in [3.63, 3.8) is 0 Å². The molecule has 1 amide bonds.